The molecule has 7 nitrogen and oxygen atoms in total. The van der Waals surface area contributed by atoms with Gasteiger partial charge >= 0.3 is 0 Å². The van der Waals surface area contributed by atoms with Crippen molar-refractivity contribution in [3.8, 4) is 11.4 Å². The van der Waals surface area contributed by atoms with Crippen molar-refractivity contribution in [3.63, 3.8) is 0 Å². The van der Waals surface area contributed by atoms with Crippen molar-refractivity contribution < 1.29 is 12.9 Å². The summed E-state index contributed by atoms with van der Waals surface area (Å²) < 4.78 is 27.9. The van der Waals surface area contributed by atoms with Crippen LogP contribution in [0.1, 0.15) is 29.8 Å². The smallest absolute Gasteiger partial charge is 0.239 e. The number of benzene rings is 1. The van der Waals surface area contributed by atoms with E-state index in [4.69, 9.17) is 9.66 Å². The highest BCUT2D eigenvalue weighted by Crippen LogP contribution is 2.53. The number of pyridine rings is 1. The lowest BCUT2D eigenvalue weighted by Crippen LogP contribution is -2.12. The Labute approximate surface area is 138 Å². The summed E-state index contributed by atoms with van der Waals surface area (Å²) in [5.74, 6) is 1.41. The molecular weight excluding hydrogens is 328 g/mol. The van der Waals surface area contributed by atoms with E-state index in [-0.39, 0.29) is 16.7 Å². The number of rotatable bonds is 4. The predicted octanol–water partition coefficient (Wildman–Crippen LogP) is 2.05. The van der Waals surface area contributed by atoms with E-state index < -0.39 is 10.0 Å². The number of hydrogen-bond acceptors (Lipinski definition) is 6. The molecule has 2 N–H and O–H groups in total. The molecule has 1 aromatic carbocycles. The third kappa shape index (κ3) is 2.81. The molecule has 1 aliphatic carbocycles. The first-order chi connectivity index (χ1) is 11.5. The maximum Gasteiger partial charge on any atom is 0.239 e. The second-order valence-electron chi connectivity index (χ2n) is 5.73. The lowest BCUT2D eigenvalue weighted by molar-refractivity contribution is 0.378. The fourth-order valence-corrected chi connectivity index (χ4v) is 3.12. The van der Waals surface area contributed by atoms with Gasteiger partial charge in [0.1, 0.15) is 4.90 Å². The molecule has 0 radical (unpaired) electrons. The summed E-state index contributed by atoms with van der Waals surface area (Å²) >= 11 is 0. The average Bonchev–Trinajstić information content (AvgIpc) is 3.23. The van der Waals surface area contributed by atoms with Crippen LogP contribution in [0.25, 0.3) is 11.4 Å². The molecule has 0 spiro atoms. The maximum absolute atomic E-state index is 11.3. The van der Waals surface area contributed by atoms with Crippen molar-refractivity contribution in [1.29, 1.82) is 0 Å². The van der Waals surface area contributed by atoms with Gasteiger partial charge in [-0.05, 0) is 18.6 Å². The molecular formula is C16H14N4O3S. The quantitative estimate of drug-likeness (QED) is 0.776. The summed E-state index contributed by atoms with van der Waals surface area (Å²) in [6.45, 7) is 0. The zero-order valence-corrected chi connectivity index (χ0v) is 13.3. The van der Waals surface area contributed by atoms with Crippen molar-refractivity contribution >= 4 is 10.0 Å². The van der Waals surface area contributed by atoms with Gasteiger partial charge in [-0.2, -0.15) is 4.98 Å². The largest absolute Gasteiger partial charge is 0.339 e. The maximum atomic E-state index is 11.3. The minimum Gasteiger partial charge on any atom is -0.339 e. The molecule has 2 atom stereocenters. The average molecular weight is 342 g/mol. The van der Waals surface area contributed by atoms with Gasteiger partial charge in [-0.25, -0.2) is 13.6 Å². The molecule has 1 fully saturated rings. The van der Waals surface area contributed by atoms with Gasteiger partial charge in [0.2, 0.25) is 21.7 Å². The number of aromatic nitrogens is 3. The Hall–Kier alpha value is -2.58. The molecule has 122 valence electrons. The Morgan fingerprint density at radius 2 is 1.88 bits per heavy atom. The molecule has 0 saturated heterocycles. The predicted molar refractivity (Wildman–Crippen MR) is 85.4 cm³/mol. The molecule has 2 aromatic heterocycles. The van der Waals surface area contributed by atoms with Crippen molar-refractivity contribution in [3.05, 3.63) is 60.2 Å². The molecule has 0 amide bonds. The second kappa shape index (κ2) is 5.50. The molecule has 3 aromatic rings. The van der Waals surface area contributed by atoms with Gasteiger partial charge in [-0.1, -0.05) is 35.5 Å². The van der Waals surface area contributed by atoms with E-state index in [1.807, 2.05) is 30.3 Å². The van der Waals surface area contributed by atoms with Crippen LogP contribution in [-0.4, -0.2) is 23.5 Å². The minimum absolute atomic E-state index is 0.00704. The number of sulfonamides is 1. The molecule has 2 heterocycles. The van der Waals surface area contributed by atoms with E-state index in [1.54, 1.807) is 6.07 Å². The van der Waals surface area contributed by atoms with Crippen LogP contribution in [0.2, 0.25) is 0 Å². The fraction of sp³-hybridized carbons (Fsp3) is 0.188. The molecule has 4 rings (SSSR count). The lowest BCUT2D eigenvalue weighted by Gasteiger charge is -2.00. The molecule has 1 aliphatic rings. The van der Waals surface area contributed by atoms with Crippen LogP contribution < -0.4 is 5.14 Å². The molecule has 2 unspecified atom stereocenters. The number of primary sulfonamides is 1. The van der Waals surface area contributed by atoms with Crippen LogP contribution in [0.15, 0.2) is 58.1 Å². The summed E-state index contributed by atoms with van der Waals surface area (Å²) in [4.78, 5) is 8.66. The van der Waals surface area contributed by atoms with E-state index in [2.05, 4.69) is 15.1 Å². The van der Waals surface area contributed by atoms with Crippen molar-refractivity contribution in [1.82, 2.24) is 15.1 Å². The van der Waals surface area contributed by atoms with Gasteiger partial charge in [0.05, 0.1) is 0 Å². The highest BCUT2D eigenvalue weighted by molar-refractivity contribution is 7.89. The highest BCUT2D eigenvalue weighted by Gasteiger charge is 2.44. The van der Waals surface area contributed by atoms with Crippen LogP contribution in [0.5, 0.6) is 0 Å². The van der Waals surface area contributed by atoms with Gasteiger partial charge in [-0.15, -0.1) is 0 Å². The van der Waals surface area contributed by atoms with E-state index in [0.29, 0.717) is 11.7 Å². The Morgan fingerprint density at radius 3 is 2.54 bits per heavy atom. The van der Waals surface area contributed by atoms with Crippen molar-refractivity contribution in [2.24, 2.45) is 5.14 Å². The van der Waals surface area contributed by atoms with Crippen LogP contribution >= 0.6 is 0 Å². The van der Waals surface area contributed by atoms with E-state index in [1.165, 1.54) is 12.3 Å². The first-order valence-corrected chi connectivity index (χ1v) is 8.95. The van der Waals surface area contributed by atoms with Gasteiger partial charge in [-0.3, -0.25) is 4.98 Å². The standard InChI is InChI=1S/C16H14N4O3S/c17-24(21,22)11-6-7-14(18-9-11)12-8-13(12)16-19-15(20-23-16)10-4-2-1-3-5-10/h1-7,9,12-13H,8H2,(H2,17,21,22). The monoisotopic (exact) mass is 342 g/mol. The van der Waals surface area contributed by atoms with Crippen LogP contribution in [0.4, 0.5) is 0 Å². The normalized spacial score (nSPS) is 20.0. The molecule has 24 heavy (non-hydrogen) atoms. The number of nitrogens with zero attached hydrogens (tertiary/aromatic N) is 3. The molecule has 1 saturated carbocycles. The third-order valence-corrected chi connectivity index (χ3v) is 4.95. The highest BCUT2D eigenvalue weighted by atomic mass is 32.2. The first kappa shape index (κ1) is 15.0. The third-order valence-electron chi connectivity index (χ3n) is 4.05. The van der Waals surface area contributed by atoms with Crippen LogP contribution in [-0.2, 0) is 10.0 Å². The minimum atomic E-state index is -3.72. The summed E-state index contributed by atoms with van der Waals surface area (Å²) in [7, 11) is -3.72. The summed E-state index contributed by atoms with van der Waals surface area (Å²) in [5.41, 5.74) is 1.70. The van der Waals surface area contributed by atoms with Crippen LogP contribution in [0.3, 0.4) is 0 Å². The molecule has 8 heteroatoms. The van der Waals surface area contributed by atoms with Crippen molar-refractivity contribution in [2.45, 2.75) is 23.2 Å². The Morgan fingerprint density at radius 1 is 1.08 bits per heavy atom. The second-order valence-corrected chi connectivity index (χ2v) is 7.30. The zero-order valence-electron chi connectivity index (χ0n) is 12.5. The Kier molecular flexibility index (Phi) is 3.43. The van der Waals surface area contributed by atoms with Crippen LogP contribution in [0, 0.1) is 0 Å². The lowest BCUT2D eigenvalue weighted by atomic mass is 10.2. The zero-order chi connectivity index (χ0) is 16.7. The topological polar surface area (TPSA) is 112 Å². The van der Waals surface area contributed by atoms with E-state index in [9.17, 15) is 8.42 Å². The van der Waals surface area contributed by atoms with E-state index >= 15 is 0 Å². The summed E-state index contributed by atoms with van der Waals surface area (Å²) in [5, 5.41) is 9.09. The van der Waals surface area contributed by atoms with Gasteiger partial charge in [0, 0.05) is 29.3 Å². The van der Waals surface area contributed by atoms with Gasteiger partial charge in [0.25, 0.3) is 0 Å². The van der Waals surface area contributed by atoms with Gasteiger partial charge in [0.15, 0.2) is 0 Å². The van der Waals surface area contributed by atoms with Gasteiger partial charge < -0.3 is 4.52 Å². The SMILES string of the molecule is NS(=O)(=O)c1ccc(C2CC2c2nc(-c3ccccc3)no2)nc1. The first-order valence-electron chi connectivity index (χ1n) is 7.40. The Bertz CT molecular complexity index is 968. The fourth-order valence-electron chi connectivity index (χ4n) is 2.66. The number of nitrogens with two attached hydrogens (primary N) is 1. The molecule has 0 bridgehead atoms. The summed E-state index contributed by atoms with van der Waals surface area (Å²) in [6, 6.07) is 12.8. The Balaban J connectivity index is 1.52. The number of hydrogen-bond donors (Lipinski definition) is 1. The van der Waals surface area contributed by atoms with Crippen molar-refractivity contribution in [2.75, 3.05) is 0 Å². The molecule has 0 aliphatic heterocycles. The summed E-state index contributed by atoms with van der Waals surface area (Å²) in [6.07, 6.45) is 2.13. The van der Waals surface area contributed by atoms with E-state index in [0.717, 1.165) is 17.7 Å².